The number of nitrogens with one attached hydrogen (secondary N) is 2. The fraction of sp³-hybridized carbons (Fsp3) is 0.500. The van der Waals surface area contributed by atoms with Crippen molar-refractivity contribution < 1.29 is 9.47 Å². The number of methoxy groups -OCH3 is 2. The molecule has 0 spiro atoms. The Bertz CT molecular complexity index is 747. The van der Waals surface area contributed by atoms with Crippen LogP contribution in [0.25, 0.3) is 0 Å². The van der Waals surface area contributed by atoms with Gasteiger partial charge in [0.25, 0.3) is 0 Å². The molecule has 0 fully saturated rings. The van der Waals surface area contributed by atoms with E-state index in [-0.39, 0.29) is 24.0 Å². The zero-order valence-corrected chi connectivity index (χ0v) is 18.9. The van der Waals surface area contributed by atoms with Gasteiger partial charge in [0.1, 0.15) is 11.6 Å². The average Bonchev–Trinajstić information content (AvgIpc) is 2.95. The van der Waals surface area contributed by atoms with Crippen LogP contribution >= 0.6 is 24.0 Å². The van der Waals surface area contributed by atoms with Gasteiger partial charge < -0.3 is 24.7 Å². The molecule has 2 rings (SSSR count). The van der Waals surface area contributed by atoms with Crippen LogP contribution in [0.3, 0.4) is 0 Å². The van der Waals surface area contributed by atoms with Gasteiger partial charge in [0.2, 0.25) is 0 Å². The summed E-state index contributed by atoms with van der Waals surface area (Å²) in [6.45, 7) is 6.31. The maximum Gasteiger partial charge on any atom is 0.192 e. The summed E-state index contributed by atoms with van der Waals surface area (Å²) in [5, 5.41) is 14.8. The van der Waals surface area contributed by atoms with Crippen molar-refractivity contribution in [1.29, 1.82) is 0 Å². The molecule has 1 aromatic carbocycles. The molecular weight excluding hydrogens is 459 g/mol. The number of benzene rings is 1. The number of halogens is 1. The van der Waals surface area contributed by atoms with E-state index in [0.717, 1.165) is 28.5 Å². The Kier molecular flexibility index (Phi) is 10.1. The minimum Gasteiger partial charge on any atom is -0.497 e. The van der Waals surface area contributed by atoms with E-state index < -0.39 is 0 Å². The summed E-state index contributed by atoms with van der Waals surface area (Å²) in [5.74, 6) is 3.26. The molecule has 0 aliphatic heterocycles. The lowest BCUT2D eigenvalue weighted by atomic mass is 10.1. The van der Waals surface area contributed by atoms with Crippen LogP contribution in [0.5, 0.6) is 5.75 Å². The van der Waals surface area contributed by atoms with Crippen LogP contribution in [0.4, 0.5) is 0 Å². The van der Waals surface area contributed by atoms with Gasteiger partial charge in [-0.15, -0.1) is 34.2 Å². The first kappa shape index (κ1) is 23.2. The van der Waals surface area contributed by atoms with Crippen molar-refractivity contribution >= 4 is 29.9 Å². The summed E-state index contributed by atoms with van der Waals surface area (Å²) in [5.41, 5.74) is 2.23. The Morgan fingerprint density at radius 2 is 1.93 bits per heavy atom. The fourth-order valence-electron chi connectivity index (χ4n) is 2.42. The molecule has 0 amide bonds. The highest BCUT2D eigenvalue weighted by Gasteiger charge is 2.06. The van der Waals surface area contributed by atoms with Gasteiger partial charge in [-0.3, -0.25) is 0 Å². The molecule has 0 radical (unpaired) electrons. The topological polar surface area (TPSA) is 85.6 Å². The number of aromatic nitrogens is 3. The summed E-state index contributed by atoms with van der Waals surface area (Å²) in [6, 6.07) is 6.10. The molecule has 0 unspecified atom stereocenters. The van der Waals surface area contributed by atoms with Crippen LogP contribution in [0, 0.1) is 13.8 Å². The molecule has 2 N–H and O–H groups in total. The number of hydrogen-bond acceptors (Lipinski definition) is 5. The maximum atomic E-state index is 5.33. The second-order valence-corrected chi connectivity index (χ2v) is 6.02. The summed E-state index contributed by atoms with van der Waals surface area (Å²) in [7, 11) is 5.29. The monoisotopic (exact) mass is 488 g/mol. The van der Waals surface area contributed by atoms with E-state index in [4.69, 9.17) is 9.47 Å². The molecule has 2 aromatic rings. The van der Waals surface area contributed by atoms with Crippen LogP contribution in [0.1, 0.15) is 22.8 Å². The summed E-state index contributed by atoms with van der Waals surface area (Å²) in [4.78, 5) is 4.66. The Morgan fingerprint density at radius 1 is 1.15 bits per heavy atom. The molecule has 1 heterocycles. The van der Waals surface area contributed by atoms with Crippen molar-refractivity contribution in [3.8, 4) is 5.75 Å². The smallest absolute Gasteiger partial charge is 0.192 e. The number of ether oxygens (including phenoxy) is 2. The van der Waals surface area contributed by atoms with E-state index in [1.807, 2.05) is 37.6 Å². The highest BCUT2D eigenvalue weighted by atomic mass is 127. The van der Waals surface area contributed by atoms with Crippen LogP contribution < -0.4 is 15.4 Å². The third-order valence-corrected chi connectivity index (χ3v) is 3.96. The first-order valence-corrected chi connectivity index (χ1v) is 8.54. The molecule has 8 nitrogen and oxygen atoms in total. The normalized spacial score (nSPS) is 11.1. The van der Waals surface area contributed by atoms with Crippen LogP contribution in [-0.2, 0) is 24.9 Å². The van der Waals surface area contributed by atoms with Gasteiger partial charge in [0, 0.05) is 20.7 Å². The maximum absolute atomic E-state index is 5.33. The Hall–Kier alpha value is -1.88. The molecule has 0 aliphatic rings. The number of guanidine groups is 1. The summed E-state index contributed by atoms with van der Waals surface area (Å²) in [6.07, 6.45) is 0. The first-order chi connectivity index (χ1) is 12.5. The van der Waals surface area contributed by atoms with Gasteiger partial charge >= 0.3 is 0 Å². The lowest BCUT2D eigenvalue weighted by Crippen LogP contribution is -2.39. The van der Waals surface area contributed by atoms with Crippen molar-refractivity contribution in [2.24, 2.45) is 12.0 Å². The molecule has 9 heteroatoms. The third-order valence-electron chi connectivity index (χ3n) is 3.96. The largest absolute Gasteiger partial charge is 0.497 e. The predicted octanol–water partition coefficient (Wildman–Crippen LogP) is 1.94. The van der Waals surface area contributed by atoms with Gasteiger partial charge in [-0.2, -0.15) is 0 Å². The van der Waals surface area contributed by atoms with E-state index in [1.54, 1.807) is 14.2 Å². The van der Waals surface area contributed by atoms with Crippen LogP contribution in [0.2, 0.25) is 0 Å². The SMILES string of the molecule is COCCNC(=NCc1cc(C)cc(OC)c1)NCc1nnc(C)n1C.I. The molecule has 0 saturated carbocycles. The highest BCUT2D eigenvalue weighted by Crippen LogP contribution is 2.17. The van der Waals surface area contributed by atoms with E-state index >= 15 is 0 Å². The molecule has 0 aliphatic carbocycles. The lowest BCUT2D eigenvalue weighted by Gasteiger charge is -2.12. The predicted molar refractivity (Wildman–Crippen MR) is 117 cm³/mol. The summed E-state index contributed by atoms with van der Waals surface area (Å²) < 4.78 is 12.4. The van der Waals surface area contributed by atoms with Crippen LogP contribution in [0.15, 0.2) is 23.2 Å². The molecule has 0 saturated heterocycles. The van der Waals surface area contributed by atoms with Crippen molar-refractivity contribution in [1.82, 2.24) is 25.4 Å². The van der Waals surface area contributed by atoms with Gasteiger partial charge in [-0.05, 0) is 37.1 Å². The van der Waals surface area contributed by atoms with Crippen LogP contribution in [-0.4, -0.2) is 48.1 Å². The number of aryl methyl sites for hydroxylation is 2. The Balaban J connectivity index is 0.00000364. The van der Waals surface area contributed by atoms with Gasteiger partial charge in [-0.1, -0.05) is 6.07 Å². The molecule has 0 bridgehead atoms. The lowest BCUT2D eigenvalue weighted by molar-refractivity contribution is 0.203. The number of hydrogen-bond donors (Lipinski definition) is 2. The number of aliphatic imine (C=N–C) groups is 1. The minimum atomic E-state index is 0. The van der Waals surface area contributed by atoms with Gasteiger partial charge in [0.15, 0.2) is 11.8 Å². The fourth-order valence-corrected chi connectivity index (χ4v) is 2.42. The number of nitrogens with zero attached hydrogens (tertiary/aromatic N) is 4. The third kappa shape index (κ3) is 7.33. The Morgan fingerprint density at radius 3 is 2.56 bits per heavy atom. The molecular formula is C18H29IN6O2. The second-order valence-electron chi connectivity index (χ2n) is 6.02. The minimum absolute atomic E-state index is 0. The van der Waals surface area contributed by atoms with Gasteiger partial charge in [0.05, 0.1) is 26.8 Å². The zero-order valence-electron chi connectivity index (χ0n) is 16.6. The Labute approximate surface area is 177 Å². The van der Waals surface area contributed by atoms with E-state index in [2.05, 4.69) is 31.9 Å². The molecule has 0 atom stereocenters. The molecule has 1 aromatic heterocycles. The summed E-state index contributed by atoms with van der Waals surface area (Å²) >= 11 is 0. The van der Waals surface area contributed by atoms with E-state index in [9.17, 15) is 0 Å². The van der Waals surface area contributed by atoms with Gasteiger partial charge in [-0.25, -0.2) is 4.99 Å². The second kappa shape index (κ2) is 11.8. The van der Waals surface area contributed by atoms with Crippen molar-refractivity contribution in [3.63, 3.8) is 0 Å². The van der Waals surface area contributed by atoms with Crippen molar-refractivity contribution in [2.45, 2.75) is 26.9 Å². The quantitative estimate of drug-likeness (QED) is 0.256. The zero-order chi connectivity index (χ0) is 18.9. The van der Waals surface area contributed by atoms with Crippen molar-refractivity contribution in [2.75, 3.05) is 27.4 Å². The highest BCUT2D eigenvalue weighted by molar-refractivity contribution is 14.0. The molecule has 150 valence electrons. The first-order valence-electron chi connectivity index (χ1n) is 8.54. The average molecular weight is 488 g/mol. The molecule has 27 heavy (non-hydrogen) atoms. The standard InChI is InChI=1S/C18H28N6O2.HI/c1-13-8-15(10-16(9-13)26-5)11-20-18(19-6-7-25-4)21-12-17-23-22-14(2)24(17)3;/h8-10H,6-7,11-12H2,1-5H3,(H2,19,20,21);1H. The van der Waals surface area contributed by atoms with E-state index in [0.29, 0.717) is 32.2 Å². The van der Waals surface area contributed by atoms with E-state index in [1.165, 1.54) is 0 Å². The van der Waals surface area contributed by atoms with Crippen molar-refractivity contribution in [3.05, 3.63) is 41.0 Å². The number of rotatable bonds is 8.